The number of rotatable bonds is 4. The van der Waals surface area contributed by atoms with Crippen LogP contribution in [-0.2, 0) is 16.1 Å². The minimum atomic E-state index is -0.429. The van der Waals surface area contributed by atoms with Crippen molar-refractivity contribution < 1.29 is 18.7 Å². The Labute approximate surface area is 118 Å². The van der Waals surface area contributed by atoms with Crippen molar-refractivity contribution in [2.75, 3.05) is 0 Å². The number of nitrogen functional groups attached to an aromatic ring is 1. The fraction of sp³-hybridized carbons (Fsp3) is 0.643. The average molecular weight is 282 g/mol. The van der Waals surface area contributed by atoms with Crippen LogP contribution in [0.3, 0.4) is 0 Å². The summed E-state index contributed by atoms with van der Waals surface area (Å²) >= 11 is 0. The molecule has 0 spiro atoms. The fourth-order valence-electron chi connectivity index (χ4n) is 2.59. The molecule has 20 heavy (non-hydrogen) atoms. The van der Waals surface area contributed by atoms with E-state index in [1.54, 1.807) is 13.0 Å². The van der Waals surface area contributed by atoms with Crippen molar-refractivity contribution >= 4 is 5.91 Å². The third-order valence-corrected chi connectivity index (χ3v) is 3.42. The second-order valence-corrected chi connectivity index (χ2v) is 5.36. The summed E-state index contributed by atoms with van der Waals surface area (Å²) in [5.74, 6) is 5.54. The van der Waals surface area contributed by atoms with Crippen molar-refractivity contribution in [1.82, 2.24) is 5.43 Å². The summed E-state index contributed by atoms with van der Waals surface area (Å²) in [7, 11) is 0. The topological polar surface area (TPSA) is 86.7 Å². The highest BCUT2D eigenvalue weighted by Crippen LogP contribution is 2.23. The lowest BCUT2D eigenvalue weighted by molar-refractivity contribution is -0.108. The molecule has 112 valence electrons. The Kier molecular flexibility index (Phi) is 4.80. The van der Waals surface area contributed by atoms with Gasteiger partial charge >= 0.3 is 5.91 Å². The molecule has 0 bridgehead atoms. The molecule has 1 aromatic rings. The first-order chi connectivity index (χ1) is 9.49. The molecule has 1 amide bonds. The standard InChI is InChI=1S/C14H22N2O4/c1-8-4-12(20-13(8)14(17)16-15)7-18-11-5-9(2)19-10(3)6-11/h4,9-11H,5-7,15H2,1-3H3,(H,16,17). The van der Waals surface area contributed by atoms with Gasteiger partial charge in [0.05, 0.1) is 18.3 Å². The summed E-state index contributed by atoms with van der Waals surface area (Å²) < 4.78 is 17.0. The fourth-order valence-corrected chi connectivity index (χ4v) is 2.59. The molecule has 1 aromatic heterocycles. The number of carbonyl (C=O) groups is 1. The average Bonchev–Trinajstić information content (AvgIpc) is 2.76. The van der Waals surface area contributed by atoms with E-state index in [0.29, 0.717) is 12.4 Å². The van der Waals surface area contributed by atoms with Crippen molar-refractivity contribution in [3.05, 3.63) is 23.2 Å². The Morgan fingerprint density at radius 2 is 2.10 bits per heavy atom. The van der Waals surface area contributed by atoms with Gasteiger partial charge in [0.15, 0.2) is 5.76 Å². The molecule has 1 saturated heterocycles. The molecule has 6 nitrogen and oxygen atoms in total. The van der Waals surface area contributed by atoms with E-state index in [-0.39, 0.29) is 24.1 Å². The number of hydrogen-bond acceptors (Lipinski definition) is 5. The second kappa shape index (κ2) is 6.39. The lowest BCUT2D eigenvalue weighted by Crippen LogP contribution is -2.33. The number of ether oxygens (including phenoxy) is 2. The van der Waals surface area contributed by atoms with E-state index in [4.69, 9.17) is 19.7 Å². The van der Waals surface area contributed by atoms with Gasteiger partial charge in [0.1, 0.15) is 12.4 Å². The van der Waals surface area contributed by atoms with Crippen LogP contribution in [0.1, 0.15) is 48.6 Å². The Balaban J connectivity index is 1.92. The smallest absolute Gasteiger partial charge is 0.301 e. The van der Waals surface area contributed by atoms with Crippen molar-refractivity contribution in [2.24, 2.45) is 5.84 Å². The first-order valence-corrected chi connectivity index (χ1v) is 6.87. The molecule has 1 aliphatic heterocycles. The van der Waals surface area contributed by atoms with E-state index >= 15 is 0 Å². The molecule has 6 heteroatoms. The minimum absolute atomic E-state index is 0.158. The Morgan fingerprint density at radius 1 is 1.45 bits per heavy atom. The van der Waals surface area contributed by atoms with E-state index in [1.165, 1.54) is 0 Å². The highest BCUT2D eigenvalue weighted by atomic mass is 16.5. The SMILES string of the molecule is Cc1cc(COC2CC(C)OC(C)C2)oc1C(=O)NN. The van der Waals surface area contributed by atoms with E-state index < -0.39 is 5.91 Å². The van der Waals surface area contributed by atoms with E-state index in [2.05, 4.69) is 5.43 Å². The summed E-state index contributed by atoms with van der Waals surface area (Å²) in [6, 6.07) is 1.80. The van der Waals surface area contributed by atoms with Crippen LogP contribution in [0.25, 0.3) is 0 Å². The molecule has 0 aliphatic carbocycles. The van der Waals surface area contributed by atoms with Gasteiger partial charge in [-0.2, -0.15) is 0 Å². The number of nitrogens with two attached hydrogens (primary N) is 1. The summed E-state index contributed by atoms with van der Waals surface area (Å²) in [6.07, 6.45) is 2.33. The van der Waals surface area contributed by atoms with Crippen LogP contribution < -0.4 is 11.3 Å². The molecule has 2 heterocycles. The van der Waals surface area contributed by atoms with E-state index in [0.717, 1.165) is 18.4 Å². The lowest BCUT2D eigenvalue weighted by atomic mass is 10.0. The van der Waals surface area contributed by atoms with Gasteiger partial charge in [-0.05, 0) is 39.7 Å². The van der Waals surface area contributed by atoms with Gasteiger partial charge < -0.3 is 13.9 Å². The maximum atomic E-state index is 11.5. The third-order valence-electron chi connectivity index (χ3n) is 3.42. The minimum Gasteiger partial charge on any atom is -0.453 e. The van der Waals surface area contributed by atoms with Crippen molar-refractivity contribution in [3.63, 3.8) is 0 Å². The molecule has 2 atom stereocenters. The van der Waals surface area contributed by atoms with Crippen molar-refractivity contribution in [3.8, 4) is 0 Å². The Bertz CT molecular complexity index is 462. The molecule has 2 rings (SSSR count). The van der Waals surface area contributed by atoms with Crippen LogP contribution in [0.4, 0.5) is 0 Å². The number of hydrogen-bond donors (Lipinski definition) is 2. The summed E-state index contributed by atoms with van der Waals surface area (Å²) in [4.78, 5) is 11.5. The number of amides is 1. The van der Waals surface area contributed by atoms with Gasteiger partial charge in [-0.25, -0.2) is 5.84 Å². The van der Waals surface area contributed by atoms with Gasteiger partial charge in [-0.15, -0.1) is 0 Å². The van der Waals surface area contributed by atoms with Crippen LogP contribution in [-0.4, -0.2) is 24.2 Å². The number of aryl methyl sites for hydroxylation is 1. The third kappa shape index (κ3) is 3.59. The van der Waals surface area contributed by atoms with E-state index in [9.17, 15) is 4.79 Å². The summed E-state index contributed by atoms with van der Waals surface area (Å²) in [6.45, 7) is 6.25. The van der Waals surface area contributed by atoms with Gasteiger partial charge in [-0.3, -0.25) is 10.2 Å². The van der Waals surface area contributed by atoms with Crippen LogP contribution in [0.2, 0.25) is 0 Å². The Hall–Kier alpha value is -1.37. The molecule has 2 unspecified atom stereocenters. The zero-order chi connectivity index (χ0) is 14.7. The maximum absolute atomic E-state index is 11.5. The van der Waals surface area contributed by atoms with Gasteiger partial charge in [-0.1, -0.05) is 0 Å². The summed E-state index contributed by atoms with van der Waals surface area (Å²) in [5.41, 5.74) is 2.81. The quantitative estimate of drug-likeness (QED) is 0.498. The van der Waals surface area contributed by atoms with E-state index in [1.807, 2.05) is 13.8 Å². The molecule has 0 aromatic carbocycles. The molecule has 1 aliphatic rings. The molecule has 3 N–H and O–H groups in total. The van der Waals surface area contributed by atoms with Gasteiger partial charge in [0.2, 0.25) is 0 Å². The number of carbonyl (C=O) groups excluding carboxylic acids is 1. The molecule has 0 radical (unpaired) electrons. The van der Waals surface area contributed by atoms with Crippen LogP contribution in [0.5, 0.6) is 0 Å². The zero-order valence-corrected chi connectivity index (χ0v) is 12.1. The molecular weight excluding hydrogens is 260 g/mol. The summed E-state index contributed by atoms with van der Waals surface area (Å²) in [5, 5.41) is 0. The van der Waals surface area contributed by atoms with Crippen LogP contribution in [0.15, 0.2) is 10.5 Å². The number of furan rings is 1. The molecule has 1 fully saturated rings. The number of hydrazine groups is 1. The highest BCUT2D eigenvalue weighted by Gasteiger charge is 2.25. The van der Waals surface area contributed by atoms with Crippen LogP contribution >= 0.6 is 0 Å². The molecule has 0 saturated carbocycles. The second-order valence-electron chi connectivity index (χ2n) is 5.36. The predicted molar refractivity (Wildman–Crippen MR) is 72.9 cm³/mol. The van der Waals surface area contributed by atoms with Crippen LogP contribution in [0, 0.1) is 6.92 Å². The Morgan fingerprint density at radius 3 is 2.70 bits per heavy atom. The monoisotopic (exact) mass is 282 g/mol. The van der Waals surface area contributed by atoms with Crippen molar-refractivity contribution in [1.29, 1.82) is 0 Å². The van der Waals surface area contributed by atoms with Crippen molar-refractivity contribution in [2.45, 2.75) is 58.5 Å². The molecular formula is C14H22N2O4. The lowest BCUT2D eigenvalue weighted by Gasteiger charge is -2.31. The predicted octanol–water partition coefficient (Wildman–Crippen LogP) is 1.66. The zero-order valence-electron chi connectivity index (χ0n) is 12.1. The van der Waals surface area contributed by atoms with Gasteiger partial charge in [0.25, 0.3) is 0 Å². The maximum Gasteiger partial charge on any atom is 0.301 e. The first-order valence-electron chi connectivity index (χ1n) is 6.87. The normalized spacial score (nSPS) is 26.5. The largest absolute Gasteiger partial charge is 0.453 e. The van der Waals surface area contributed by atoms with Gasteiger partial charge in [0, 0.05) is 5.56 Å². The number of nitrogens with one attached hydrogen (secondary N) is 1. The highest BCUT2D eigenvalue weighted by molar-refractivity contribution is 5.92. The first kappa shape index (κ1) is 15.0.